The maximum atomic E-state index is 14.3. The van der Waals surface area contributed by atoms with Gasteiger partial charge in [-0.3, -0.25) is 72.4 Å². The van der Waals surface area contributed by atoms with Crippen LogP contribution in [0, 0.1) is 36.0 Å². The summed E-state index contributed by atoms with van der Waals surface area (Å²) in [6.45, 7) is 22.0. The van der Waals surface area contributed by atoms with Crippen LogP contribution in [0.25, 0.3) is 0 Å². The fourth-order valence-electron chi connectivity index (χ4n) is 15.9. The molecule has 0 unspecified atom stereocenters. The molecule has 0 aliphatic carbocycles. The molecule has 734 valence electrons. The second-order valence-electron chi connectivity index (χ2n) is 33.3. The van der Waals surface area contributed by atoms with Crippen molar-refractivity contribution >= 4 is 98.5 Å². The molecule has 0 radical (unpaired) electrons. The molecule has 10 aromatic carbocycles. The molecule has 26 nitrogen and oxygen atoms in total. The number of carbonyl (C=O) groups excluding carboxylic acids is 10. The topological polar surface area (TPSA) is 302 Å². The van der Waals surface area contributed by atoms with Gasteiger partial charge in [-0.05, 0) is 211 Å². The highest BCUT2D eigenvalue weighted by molar-refractivity contribution is 6.30. The highest BCUT2D eigenvalue weighted by Gasteiger charge is 2.27. The normalized spacial score (nSPS) is 14.6. The molecule has 5 heterocycles. The van der Waals surface area contributed by atoms with Crippen LogP contribution in [0.1, 0.15) is 173 Å². The van der Waals surface area contributed by atoms with Crippen LogP contribution in [0.3, 0.4) is 0 Å². The third-order valence-electron chi connectivity index (χ3n) is 23.6. The first kappa shape index (κ1) is 107. The minimum absolute atomic E-state index is 0.0373. The number of amides is 5. The minimum Gasteiger partial charge on any atom is -0.497 e. The van der Waals surface area contributed by atoms with Crippen molar-refractivity contribution in [3.63, 3.8) is 0 Å². The number of halogens is 6. The number of nitrogens with one attached hydrogen (secondary N) is 5. The van der Waals surface area contributed by atoms with Gasteiger partial charge in [0.05, 0.1) is 124 Å². The Labute approximate surface area is 811 Å². The number of Topliss-reactive ketones (excluding diaryl/α,β-unsaturated/α-hetero) is 5. The number of methoxy groups -OCH3 is 1. The lowest BCUT2D eigenvalue weighted by Gasteiger charge is -2.26. The molecular formula is C107H118ClF5N10O16. The summed E-state index contributed by atoms with van der Waals surface area (Å²) in [6.07, 6.45) is 5.23. The molecule has 0 spiro atoms. The van der Waals surface area contributed by atoms with Crippen LogP contribution in [0.5, 0.6) is 5.75 Å². The number of ether oxygens (including phenoxy) is 6. The molecule has 10 aromatic rings. The average Bonchev–Trinajstić information content (AvgIpc) is 0.830. The third-order valence-corrected chi connectivity index (χ3v) is 23.8. The van der Waals surface area contributed by atoms with Crippen molar-refractivity contribution in [3.05, 3.63) is 320 Å². The molecule has 0 saturated carbocycles. The Morgan fingerprint density at radius 3 is 0.957 bits per heavy atom. The summed E-state index contributed by atoms with van der Waals surface area (Å²) in [5.41, 5.74) is 4.66. The summed E-state index contributed by atoms with van der Waals surface area (Å²) in [6, 6.07) is 57.6. The monoisotopic (exact) mass is 1930 g/mol. The van der Waals surface area contributed by atoms with Crippen molar-refractivity contribution in [1.29, 1.82) is 0 Å². The summed E-state index contributed by atoms with van der Waals surface area (Å²) in [5, 5.41) is 13.9. The van der Waals surface area contributed by atoms with Crippen molar-refractivity contribution in [2.45, 2.75) is 71.1 Å². The smallest absolute Gasteiger partial charge is 0.258 e. The van der Waals surface area contributed by atoms with Crippen molar-refractivity contribution in [2.24, 2.45) is 0 Å². The lowest BCUT2D eigenvalue weighted by atomic mass is 10.0. The number of carbonyl (C=O) groups is 10. The van der Waals surface area contributed by atoms with Gasteiger partial charge in [-0.15, -0.1) is 0 Å². The molecule has 5 saturated heterocycles. The lowest BCUT2D eigenvalue weighted by Crippen LogP contribution is -2.37. The summed E-state index contributed by atoms with van der Waals surface area (Å²) >= 11 is 5.86. The molecule has 0 atom stereocenters. The van der Waals surface area contributed by atoms with Crippen molar-refractivity contribution in [1.82, 2.24) is 24.5 Å². The molecule has 5 aliphatic heterocycles. The van der Waals surface area contributed by atoms with E-state index in [0.29, 0.717) is 121 Å². The van der Waals surface area contributed by atoms with E-state index in [1.54, 1.807) is 78.9 Å². The van der Waals surface area contributed by atoms with Gasteiger partial charge in [-0.1, -0.05) is 96.5 Å². The zero-order valence-electron chi connectivity index (χ0n) is 78.1. The molecular weight excluding hydrogens is 1810 g/mol. The molecule has 5 N–H and O–H groups in total. The van der Waals surface area contributed by atoms with Crippen LogP contribution in [-0.4, -0.2) is 254 Å². The molecule has 15 rings (SSSR count). The van der Waals surface area contributed by atoms with E-state index in [1.807, 2.05) is 49.4 Å². The summed E-state index contributed by atoms with van der Waals surface area (Å²) in [7, 11) is 1.50. The van der Waals surface area contributed by atoms with Gasteiger partial charge >= 0.3 is 0 Å². The molecule has 5 aliphatic rings. The van der Waals surface area contributed by atoms with E-state index in [-0.39, 0.29) is 87.0 Å². The number of ketones is 5. The highest BCUT2D eigenvalue weighted by Crippen LogP contribution is 2.30. The fourth-order valence-corrected chi connectivity index (χ4v) is 16.0. The Kier molecular flexibility index (Phi) is 43.7. The third kappa shape index (κ3) is 34.4. The Morgan fingerprint density at radius 1 is 0.295 bits per heavy atom. The number of morpholine rings is 5. The Bertz CT molecular complexity index is 5710. The van der Waals surface area contributed by atoms with Crippen molar-refractivity contribution in [2.75, 3.05) is 198 Å². The van der Waals surface area contributed by atoms with E-state index in [9.17, 15) is 69.9 Å². The van der Waals surface area contributed by atoms with Gasteiger partial charge in [0, 0.05) is 142 Å². The van der Waals surface area contributed by atoms with E-state index in [2.05, 4.69) is 51.1 Å². The number of hydrogen-bond acceptors (Lipinski definition) is 21. The van der Waals surface area contributed by atoms with Crippen LogP contribution < -0.4 is 31.3 Å². The molecule has 0 aromatic heterocycles. The molecule has 139 heavy (non-hydrogen) atoms. The second-order valence-corrected chi connectivity index (χ2v) is 33.7. The first-order valence-electron chi connectivity index (χ1n) is 46.7. The maximum absolute atomic E-state index is 14.3. The predicted octanol–water partition coefficient (Wildman–Crippen LogP) is 17.8. The number of aryl methyl sites for hydroxylation is 1. The van der Waals surface area contributed by atoms with E-state index in [0.717, 1.165) is 174 Å². The summed E-state index contributed by atoms with van der Waals surface area (Å²) in [5.74, 6) is -5.89. The number of hydrogen-bond donors (Lipinski definition) is 5. The Hall–Kier alpha value is -12.8. The highest BCUT2D eigenvalue weighted by atomic mass is 35.5. The van der Waals surface area contributed by atoms with Crippen LogP contribution in [0.2, 0.25) is 5.02 Å². The Balaban J connectivity index is 0.000000166. The van der Waals surface area contributed by atoms with Gasteiger partial charge < -0.3 is 55.0 Å². The molecule has 5 fully saturated rings. The van der Waals surface area contributed by atoms with Crippen molar-refractivity contribution in [3.8, 4) is 5.75 Å². The lowest BCUT2D eigenvalue weighted by molar-refractivity contribution is 0.0370. The summed E-state index contributed by atoms with van der Waals surface area (Å²) < 4.78 is 101. The quantitative estimate of drug-likeness (QED) is 0.0180. The number of nitrogens with zero attached hydrogens (tertiary/aromatic N) is 5. The van der Waals surface area contributed by atoms with Gasteiger partial charge in [-0.2, -0.15) is 0 Å². The van der Waals surface area contributed by atoms with Gasteiger partial charge in [-0.25, -0.2) is 22.0 Å². The summed E-state index contributed by atoms with van der Waals surface area (Å²) in [4.78, 5) is 137. The second kappa shape index (κ2) is 57.0. The van der Waals surface area contributed by atoms with E-state index in [1.165, 1.54) is 92.0 Å². The number of rotatable bonds is 36. The number of anilines is 5. The standard InChI is InChI=1S/C22H25FN2O4.C22H26N2O3.C21H23ClN2O3.2C21H22F2N2O3/c1-28-16-8-9-18(21(26)7-4-10-25-11-13-29-14-12-25)20(15-16)24-22(27)17-5-2-3-6-19(17)23;1-17-7-2-3-8-18(17)22(26)23-20-10-5-4-9-19(20)21(25)11-6-12-24-13-15-27-16-14-24;22-17-9-7-16(8-10-17)21(26)23-19-5-2-1-4-18(19)20(25)6-3-11-24-12-14-27-15-13-24;22-16-6-2-1-5-15(16)21(27)24-18-8-3-7-17(23)20(18)19(26)9-4-10-25-11-13-28-14-12-25;22-15-7-8-17(20(26)6-3-9-25-10-12-28-13-11-25)19(14-15)24-21(27)16-4-1-2-5-18(16)23/h2-3,5-6,8-9,15H,4,7,10-14H2,1H3,(H,24,27);2-5,7-10H,6,11-16H2,1H3,(H,23,26);1-2,4-5,7-10H,3,6,11-15H2,(H,23,26);1-3,5-8H,4,9-14H2,(H,24,27);1-2,4-5,7-8,14H,3,6,9-13H2,(H,24,27). The zero-order chi connectivity index (χ0) is 98.6. The number of benzene rings is 10. The zero-order valence-corrected chi connectivity index (χ0v) is 78.9. The largest absolute Gasteiger partial charge is 0.497 e. The van der Waals surface area contributed by atoms with Crippen LogP contribution in [0.4, 0.5) is 50.4 Å². The molecule has 5 amide bonds. The SMILES string of the molecule is COc1ccc(C(=O)CCCN2CCOCC2)c(NC(=O)c2ccccc2F)c1.Cc1ccccc1C(=O)Nc1ccccc1C(=O)CCCN1CCOCC1.O=C(Nc1cc(F)ccc1C(=O)CCCN1CCOCC1)c1ccccc1F.O=C(Nc1cccc(F)c1C(=O)CCCN1CCOCC1)c1ccccc1F.O=C(Nc1ccccc1C(=O)CCCN1CCOCC1)c1ccc(Cl)cc1. The predicted molar refractivity (Wildman–Crippen MR) is 524 cm³/mol. The number of para-hydroxylation sites is 2. The molecule has 0 bridgehead atoms. The minimum atomic E-state index is -0.730. The van der Waals surface area contributed by atoms with Gasteiger partial charge in [0.25, 0.3) is 29.5 Å². The Morgan fingerprint density at radius 2 is 0.583 bits per heavy atom. The van der Waals surface area contributed by atoms with Gasteiger partial charge in [0.15, 0.2) is 28.9 Å². The van der Waals surface area contributed by atoms with E-state index in [4.69, 9.17) is 40.0 Å². The van der Waals surface area contributed by atoms with E-state index >= 15 is 0 Å². The first-order chi connectivity index (χ1) is 67.5. The van der Waals surface area contributed by atoms with Gasteiger partial charge in [0.2, 0.25) is 0 Å². The average molecular weight is 1930 g/mol. The first-order valence-corrected chi connectivity index (χ1v) is 47.1. The fraction of sp³-hybridized carbons (Fsp3) is 0.346. The van der Waals surface area contributed by atoms with Crippen LogP contribution >= 0.6 is 11.6 Å². The maximum Gasteiger partial charge on any atom is 0.258 e. The van der Waals surface area contributed by atoms with Crippen molar-refractivity contribution < 1.29 is 98.3 Å². The van der Waals surface area contributed by atoms with Gasteiger partial charge in [0.1, 0.15) is 34.8 Å². The van der Waals surface area contributed by atoms with E-state index < -0.39 is 52.6 Å². The molecule has 32 heteroatoms. The van der Waals surface area contributed by atoms with Crippen LogP contribution in [-0.2, 0) is 23.7 Å². The van der Waals surface area contributed by atoms with Crippen LogP contribution in [0.15, 0.2) is 224 Å².